The second-order valence-electron chi connectivity index (χ2n) is 8.09. The van der Waals surface area contributed by atoms with E-state index in [2.05, 4.69) is 47.7 Å². The quantitative estimate of drug-likeness (QED) is 0.853. The highest BCUT2D eigenvalue weighted by molar-refractivity contribution is 5.04. The van der Waals surface area contributed by atoms with Crippen LogP contribution < -0.4 is 5.32 Å². The van der Waals surface area contributed by atoms with E-state index in [1.165, 1.54) is 65.1 Å². The van der Waals surface area contributed by atoms with Gasteiger partial charge in [0.15, 0.2) is 0 Å². The molecule has 122 valence electrons. The van der Waals surface area contributed by atoms with Gasteiger partial charge in [-0.25, -0.2) is 0 Å². The van der Waals surface area contributed by atoms with E-state index >= 15 is 0 Å². The van der Waals surface area contributed by atoms with Gasteiger partial charge in [0, 0.05) is 50.8 Å². The lowest BCUT2D eigenvalue weighted by Crippen LogP contribution is -2.62. The van der Waals surface area contributed by atoms with Crippen LogP contribution in [0.5, 0.6) is 0 Å². The van der Waals surface area contributed by atoms with Gasteiger partial charge in [-0.3, -0.25) is 14.7 Å². The lowest BCUT2D eigenvalue weighted by molar-refractivity contribution is -0.0511. The molecule has 1 atom stereocenters. The summed E-state index contributed by atoms with van der Waals surface area (Å²) < 4.78 is 0. The first kappa shape index (κ1) is 15.7. The SMILES string of the molecule is CC(C)N1CCN(C(C)(C)N2CCC3(CCCN3)C2)CC1. The molecule has 0 aliphatic carbocycles. The van der Waals surface area contributed by atoms with E-state index < -0.39 is 0 Å². The largest absolute Gasteiger partial charge is 0.310 e. The molecular formula is C17H34N4. The van der Waals surface area contributed by atoms with Crippen LogP contribution >= 0.6 is 0 Å². The summed E-state index contributed by atoms with van der Waals surface area (Å²) in [6.07, 6.45) is 4.07. The summed E-state index contributed by atoms with van der Waals surface area (Å²) in [5.74, 6) is 0. The zero-order valence-electron chi connectivity index (χ0n) is 14.5. The van der Waals surface area contributed by atoms with Gasteiger partial charge in [-0.1, -0.05) is 0 Å². The Balaban J connectivity index is 1.59. The average Bonchev–Trinajstić information content (AvgIpc) is 3.10. The highest BCUT2D eigenvalue weighted by Crippen LogP contribution is 2.35. The fourth-order valence-corrected chi connectivity index (χ4v) is 4.54. The Morgan fingerprint density at radius 2 is 1.67 bits per heavy atom. The molecule has 3 fully saturated rings. The Labute approximate surface area is 130 Å². The fourth-order valence-electron chi connectivity index (χ4n) is 4.54. The Hall–Kier alpha value is -0.160. The third kappa shape index (κ3) is 3.00. The second kappa shape index (κ2) is 5.80. The number of hydrogen-bond donors (Lipinski definition) is 1. The van der Waals surface area contributed by atoms with Gasteiger partial charge in [-0.15, -0.1) is 0 Å². The fraction of sp³-hybridized carbons (Fsp3) is 1.00. The Kier molecular flexibility index (Phi) is 4.34. The van der Waals surface area contributed by atoms with Crippen LogP contribution in [0, 0.1) is 0 Å². The molecule has 0 aromatic carbocycles. The molecule has 0 saturated carbocycles. The summed E-state index contributed by atoms with van der Waals surface area (Å²) in [4.78, 5) is 8.05. The van der Waals surface area contributed by atoms with Crippen LogP contribution in [0.3, 0.4) is 0 Å². The monoisotopic (exact) mass is 294 g/mol. The van der Waals surface area contributed by atoms with Crippen LogP contribution in [0.2, 0.25) is 0 Å². The van der Waals surface area contributed by atoms with Crippen LogP contribution in [-0.4, -0.2) is 77.8 Å². The van der Waals surface area contributed by atoms with Gasteiger partial charge >= 0.3 is 0 Å². The molecule has 4 heteroatoms. The number of hydrogen-bond acceptors (Lipinski definition) is 4. The summed E-state index contributed by atoms with van der Waals surface area (Å²) in [5.41, 5.74) is 0.647. The molecule has 3 heterocycles. The van der Waals surface area contributed by atoms with Crippen LogP contribution in [-0.2, 0) is 0 Å². The molecule has 3 saturated heterocycles. The molecule has 3 aliphatic rings. The van der Waals surface area contributed by atoms with E-state index in [1.54, 1.807) is 0 Å². The predicted octanol–water partition coefficient (Wildman–Crippen LogP) is 1.58. The summed E-state index contributed by atoms with van der Waals surface area (Å²) in [7, 11) is 0. The standard InChI is InChI=1S/C17H34N4/c1-15(2)19-10-12-20(13-11-19)16(3,4)21-9-7-17(14-21)6-5-8-18-17/h15,18H,5-14H2,1-4H3. The normalized spacial score (nSPS) is 33.6. The van der Waals surface area contributed by atoms with E-state index in [-0.39, 0.29) is 5.66 Å². The Morgan fingerprint density at radius 3 is 2.24 bits per heavy atom. The molecule has 0 bridgehead atoms. The van der Waals surface area contributed by atoms with Crippen LogP contribution in [0.4, 0.5) is 0 Å². The van der Waals surface area contributed by atoms with Gasteiger partial charge in [-0.05, 0) is 53.5 Å². The third-order valence-electron chi connectivity index (χ3n) is 6.28. The third-order valence-corrected chi connectivity index (χ3v) is 6.28. The Bertz CT molecular complexity index is 352. The molecule has 21 heavy (non-hydrogen) atoms. The second-order valence-corrected chi connectivity index (χ2v) is 8.09. The zero-order valence-corrected chi connectivity index (χ0v) is 14.5. The van der Waals surface area contributed by atoms with Crippen molar-refractivity contribution < 1.29 is 0 Å². The number of rotatable bonds is 3. The maximum absolute atomic E-state index is 3.79. The van der Waals surface area contributed by atoms with E-state index in [0.717, 1.165) is 0 Å². The van der Waals surface area contributed by atoms with Gasteiger partial charge in [-0.2, -0.15) is 0 Å². The molecular weight excluding hydrogens is 260 g/mol. The van der Waals surface area contributed by atoms with Gasteiger partial charge in [0.1, 0.15) is 0 Å². The molecule has 1 spiro atoms. The van der Waals surface area contributed by atoms with Gasteiger partial charge in [0.2, 0.25) is 0 Å². The zero-order chi connectivity index (χ0) is 15.1. The predicted molar refractivity (Wildman–Crippen MR) is 88.5 cm³/mol. The molecule has 1 unspecified atom stereocenters. The van der Waals surface area contributed by atoms with E-state index in [9.17, 15) is 0 Å². The summed E-state index contributed by atoms with van der Waals surface area (Å²) in [6.45, 7) is 18.1. The van der Waals surface area contributed by atoms with Crippen LogP contribution in [0.25, 0.3) is 0 Å². The van der Waals surface area contributed by atoms with Gasteiger partial charge in [0.05, 0.1) is 5.66 Å². The van der Waals surface area contributed by atoms with Gasteiger partial charge < -0.3 is 5.32 Å². The number of nitrogens with zero attached hydrogens (tertiary/aromatic N) is 3. The lowest BCUT2D eigenvalue weighted by atomic mass is 9.97. The molecule has 0 amide bonds. The van der Waals surface area contributed by atoms with Crippen molar-refractivity contribution >= 4 is 0 Å². The smallest absolute Gasteiger partial charge is 0.0681 e. The maximum atomic E-state index is 3.79. The molecule has 3 rings (SSSR count). The van der Waals surface area contributed by atoms with E-state index in [0.29, 0.717) is 11.6 Å². The number of piperazine rings is 1. The minimum atomic E-state index is 0.205. The summed E-state index contributed by atoms with van der Waals surface area (Å²) >= 11 is 0. The highest BCUT2D eigenvalue weighted by atomic mass is 15.4. The van der Waals surface area contributed by atoms with E-state index in [4.69, 9.17) is 0 Å². The maximum Gasteiger partial charge on any atom is 0.0681 e. The highest BCUT2D eigenvalue weighted by Gasteiger charge is 2.46. The van der Waals surface area contributed by atoms with Crippen molar-refractivity contribution in [2.45, 2.75) is 64.2 Å². The van der Waals surface area contributed by atoms with Crippen molar-refractivity contribution in [2.75, 3.05) is 45.8 Å². The first-order chi connectivity index (χ1) is 9.93. The molecule has 0 aromatic rings. The van der Waals surface area contributed by atoms with Crippen molar-refractivity contribution in [3.05, 3.63) is 0 Å². The van der Waals surface area contributed by atoms with Crippen molar-refractivity contribution in [1.29, 1.82) is 0 Å². The van der Waals surface area contributed by atoms with Crippen LogP contribution in [0.15, 0.2) is 0 Å². The van der Waals surface area contributed by atoms with Crippen molar-refractivity contribution in [2.24, 2.45) is 0 Å². The first-order valence-electron chi connectivity index (χ1n) is 8.92. The molecule has 1 N–H and O–H groups in total. The topological polar surface area (TPSA) is 21.8 Å². The van der Waals surface area contributed by atoms with Gasteiger partial charge in [0.25, 0.3) is 0 Å². The summed E-state index contributed by atoms with van der Waals surface area (Å²) in [5, 5.41) is 3.79. The lowest BCUT2D eigenvalue weighted by Gasteiger charge is -2.49. The van der Waals surface area contributed by atoms with Crippen molar-refractivity contribution in [3.63, 3.8) is 0 Å². The van der Waals surface area contributed by atoms with Crippen molar-refractivity contribution in [1.82, 2.24) is 20.0 Å². The van der Waals surface area contributed by atoms with Crippen molar-refractivity contribution in [3.8, 4) is 0 Å². The average molecular weight is 294 g/mol. The summed E-state index contributed by atoms with van der Waals surface area (Å²) in [6, 6.07) is 0.688. The minimum Gasteiger partial charge on any atom is -0.310 e. The minimum absolute atomic E-state index is 0.205. The van der Waals surface area contributed by atoms with E-state index in [1.807, 2.05) is 0 Å². The number of likely N-dealkylation sites (tertiary alicyclic amines) is 1. The number of nitrogens with one attached hydrogen (secondary N) is 1. The molecule has 0 aromatic heterocycles. The molecule has 0 radical (unpaired) electrons. The Morgan fingerprint density at radius 1 is 0.952 bits per heavy atom. The first-order valence-corrected chi connectivity index (χ1v) is 8.92. The molecule has 4 nitrogen and oxygen atoms in total. The van der Waals surface area contributed by atoms with Crippen LogP contribution in [0.1, 0.15) is 47.0 Å². The molecule has 3 aliphatic heterocycles.